The Hall–Kier alpha value is -2.51. The number of carbonyl (C=O) groups excluding carboxylic acids is 1. The monoisotopic (exact) mass is 398 g/mol. The van der Waals surface area contributed by atoms with Crippen molar-refractivity contribution in [1.29, 1.82) is 0 Å². The molecule has 6 nitrogen and oxygen atoms in total. The number of halogens is 1. The van der Waals surface area contributed by atoms with Crippen molar-refractivity contribution in [3.05, 3.63) is 59.5 Å². The SMILES string of the molecule is O=C(c1ccc(NC2CCCN(Cc3ccc(F)cc3)C2)nc1)N1CCOCC1. The van der Waals surface area contributed by atoms with Crippen molar-refractivity contribution in [2.75, 3.05) is 44.7 Å². The van der Waals surface area contributed by atoms with Gasteiger partial charge in [-0.3, -0.25) is 9.69 Å². The van der Waals surface area contributed by atoms with E-state index in [-0.39, 0.29) is 11.7 Å². The van der Waals surface area contributed by atoms with Gasteiger partial charge in [-0.1, -0.05) is 12.1 Å². The molecule has 0 aliphatic carbocycles. The molecule has 1 N–H and O–H groups in total. The Morgan fingerprint density at radius 2 is 1.93 bits per heavy atom. The number of pyridine rings is 1. The first-order valence-corrected chi connectivity index (χ1v) is 10.2. The van der Waals surface area contributed by atoms with E-state index in [9.17, 15) is 9.18 Å². The molecule has 0 spiro atoms. The van der Waals surface area contributed by atoms with Gasteiger partial charge in [0, 0.05) is 38.4 Å². The Morgan fingerprint density at radius 3 is 2.66 bits per heavy atom. The van der Waals surface area contributed by atoms with Gasteiger partial charge in [-0.15, -0.1) is 0 Å². The Labute approximate surface area is 170 Å². The van der Waals surface area contributed by atoms with Crippen molar-refractivity contribution in [2.45, 2.75) is 25.4 Å². The lowest BCUT2D eigenvalue weighted by atomic mass is 10.0. The summed E-state index contributed by atoms with van der Waals surface area (Å²) in [6.45, 7) is 5.21. The average Bonchev–Trinajstić information content (AvgIpc) is 2.76. The third-order valence-electron chi connectivity index (χ3n) is 5.49. The van der Waals surface area contributed by atoms with Crippen LogP contribution >= 0.6 is 0 Å². The molecule has 0 bridgehead atoms. The number of hydrogen-bond acceptors (Lipinski definition) is 5. The van der Waals surface area contributed by atoms with Crippen LogP contribution in [0, 0.1) is 5.82 Å². The maximum Gasteiger partial charge on any atom is 0.255 e. The zero-order valence-corrected chi connectivity index (χ0v) is 16.5. The van der Waals surface area contributed by atoms with Gasteiger partial charge in [0.25, 0.3) is 5.91 Å². The quantitative estimate of drug-likeness (QED) is 0.839. The van der Waals surface area contributed by atoms with Crippen LogP contribution in [-0.4, -0.2) is 66.1 Å². The molecular weight excluding hydrogens is 371 g/mol. The van der Waals surface area contributed by atoms with E-state index in [1.54, 1.807) is 6.20 Å². The maximum atomic E-state index is 13.1. The summed E-state index contributed by atoms with van der Waals surface area (Å²) in [5.41, 5.74) is 1.73. The van der Waals surface area contributed by atoms with Crippen molar-refractivity contribution in [3.8, 4) is 0 Å². The minimum Gasteiger partial charge on any atom is -0.378 e. The zero-order valence-electron chi connectivity index (χ0n) is 16.5. The number of carbonyl (C=O) groups is 1. The molecule has 2 aliphatic rings. The van der Waals surface area contributed by atoms with Gasteiger partial charge in [0.2, 0.25) is 0 Å². The van der Waals surface area contributed by atoms with E-state index in [0.29, 0.717) is 37.9 Å². The summed E-state index contributed by atoms with van der Waals surface area (Å²) >= 11 is 0. The van der Waals surface area contributed by atoms with Crippen LogP contribution in [0.25, 0.3) is 0 Å². The van der Waals surface area contributed by atoms with Crippen LogP contribution in [0.2, 0.25) is 0 Å². The predicted octanol–water partition coefficient (Wildman–Crippen LogP) is 2.77. The topological polar surface area (TPSA) is 57.7 Å². The van der Waals surface area contributed by atoms with Gasteiger partial charge >= 0.3 is 0 Å². The molecule has 1 aromatic carbocycles. The fourth-order valence-corrected chi connectivity index (χ4v) is 3.93. The van der Waals surface area contributed by atoms with Crippen molar-refractivity contribution < 1.29 is 13.9 Å². The highest BCUT2D eigenvalue weighted by Gasteiger charge is 2.21. The Morgan fingerprint density at radius 1 is 1.14 bits per heavy atom. The molecule has 29 heavy (non-hydrogen) atoms. The number of ether oxygens (including phenoxy) is 1. The van der Waals surface area contributed by atoms with Crippen LogP contribution in [0.5, 0.6) is 0 Å². The highest BCUT2D eigenvalue weighted by atomic mass is 19.1. The van der Waals surface area contributed by atoms with E-state index >= 15 is 0 Å². The summed E-state index contributed by atoms with van der Waals surface area (Å²) in [6.07, 6.45) is 3.84. The highest BCUT2D eigenvalue weighted by molar-refractivity contribution is 5.94. The molecule has 0 radical (unpaired) electrons. The third kappa shape index (κ3) is 5.31. The molecular formula is C22H27FN4O2. The number of morpholine rings is 1. The summed E-state index contributed by atoms with van der Waals surface area (Å²) in [5.74, 6) is 0.598. The molecule has 1 aromatic heterocycles. The fourth-order valence-electron chi connectivity index (χ4n) is 3.93. The highest BCUT2D eigenvalue weighted by Crippen LogP contribution is 2.18. The molecule has 1 atom stereocenters. The van der Waals surface area contributed by atoms with E-state index in [0.717, 1.165) is 43.9 Å². The molecule has 2 fully saturated rings. The first-order chi connectivity index (χ1) is 14.2. The standard InChI is InChI=1S/C22H27FN4O2/c23-19-6-3-17(4-7-19)15-26-9-1-2-20(16-26)25-21-8-5-18(14-24-21)22(28)27-10-12-29-13-11-27/h3-8,14,20H,1-2,9-13,15-16H2,(H,24,25). The van der Waals surface area contributed by atoms with Crippen LogP contribution in [-0.2, 0) is 11.3 Å². The molecule has 0 saturated carbocycles. The molecule has 4 rings (SSSR count). The molecule has 3 heterocycles. The van der Waals surface area contributed by atoms with E-state index in [1.165, 1.54) is 12.1 Å². The number of rotatable bonds is 5. The minimum absolute atomic E-state index is 0.00971. The van der Waals surface area contributed by atoms with E-state index in [4.69, 9.17) is 4.74 Å². The number of hydrogen-bond donors (Lipinski definition) is 1. The lowest BCUT2D eigenvalue weighted by Gasteiger charge is -2.33. The van der Waals surface area contributed by atoms with Crippen LogP contribution in [0.4, 0.5) is 10.2 Å². The normalized spacial score (nSPS) is 20.4. The summed E-state index contributed by atoms with van der Waals surface area (Å²) in [6, 6.07) is 10.7. The smallest absolute Gasteiger partial charge is 0.255 e. The first kappa shape index (κ1) is 19.8. The second-order valence-electron chi connectivity index (χ2n) is 7.68. The van der Waals surface area contributed by atoms with Gasteiger partial charge in [0.15, 0.2) is 0 Å². The molecule has 1 amide bonds. The van der Waals surface area contributed by atoms with Gasteiger partial charge in [-0.25, -0.2) is 9.37 Å². The number of nitrogens with one attached hydrogen (secondary N) is 1. The van der Waals surface area contributed by atoms with Crippen molar-refractivity contribution in [2.24, 2.45) is 0 Å². The maximum absolute atomic E-state index is 13.1. The predicted molar refractivity (Wildman–Crippen MR) is 109 cm³/mol. The third-order valence-corrected chi connectivity index (χ3v) is 5.49. The molecule has 2 aliphatic heterocycles. The number of anilines is 1. The molecule has 2 saturated heterocycles. The van der Waals surface area contributed by atoms with Crippen LogP contribution in [0.3, 0.4) is 0 Å². The van der Waals surface area contributed by atoms with E-state index in [1.807, 2.05) is 29.2 Å². The first-order valence-electron chi connectivity index (χ1n) is 10.2. The molecule has 2 aromatic rings. The van der Waals surface area contributed by atoms with Gasteiger partial charge in [0.1, 0.15) is 11.6 Å². The van der Waals surface area contributed by atoms with E-state index in [2.05, 4.69) is 15.2 Å². The van der Waals surface area contributed by atoms with Gasteiger partial charge in [0.05, 0.1) is 18.8 Å². The Kier molecular flexibility index (Phi) is 6.36. The molecule has 154 valence electrons. The fraction of sp³-hybridized carbons (Fsp3) is 0.455. The van der Waals surface area contributed by atoms with Crippen molar-refractivity contribution in [1.82, 2.24) is 14.8 Å². The lowest BCUT2D eigenvalue weighted by molar-refractivity contribution is 0.0302. The van der Waals surface area contributed by atoms with Crippen LogP contribution in [0.15, 0.2) is 42.6 Å². The second kappa shape index (κ2) is 9.33. The molecule has 7 heteroatoms. The Bertz CT molecular complexity index is 807. The summed E-state index contributed by atoms with van der Waals surface area (Å²) in [7, 11) is 0. The number of nitrogens with zero attached hydrogens (tertiary/aromatic N) is 3. The van der Waals surface area contributed by atoms with Gasteiger partial charge in [-0.2, -0.15) is 0 Å². The second-order valence-corrected chi connectivity index (χ2v) is 7.68. The lowest BCUT2D eigenvalue weighted by Crippen LogP contribution is -2.42. The number of benzene rings is 1. The van der Waals surface area contributed by atoms with Crippen LogP contribution in [0.1, 0.15) is 28.8 Å². The van der Waals surface area contributed by atoms with Crippen LogP contribution < -0.4 is 5.32 Å². The summed E-state index contributed by atoms with van der Waals surface area (Å²) in [4.78, 5) is 21.2. The summed E-state index contributed by atoms with van der Waals surface area (Å²) < 4.78 is 18.4. The number of likely N-dealkylation sites (tertiary alicyclic amines) is 1. The van der Waals surface area contributed by atoms with Gasteiger partial charge < -0.3 is 15.0 Å². The van der Waals surface area contributed by atoms with E-state index < -0.39 is 0 Å². The Balaban J connectivity index is 1.31. The van der Waals surface area contributed by atoms with Crippen molar-refractivity contribution in [3.63, 3.8) is 0 Å². The average molecular weight is 398 g/mol. The molecule has 1 unspecified atom stereocenters. The number of aromatic nitrogens is 1. The number of amides is 1. The largest absolute Gasteiger partial charge is 0.378 e. The summed E-state index contributed by atoms with van der Waals surface area (Å²) in [5, 5.41) is 3.49. The zero-order chi connectivity index (χ0) is 20.1. The van der Waals surface area contributed by atoms with Crippen molar-refractivity contribution >= 4 is 11.7 Å². The minimum atomic E-state index is -0.200. The van der Waals surface area contributed by atoms with Gasteiger partial charge in [-0.05, 0) is 49.2 Å². The number of piperidine rings is 1.